The molecule has 1 N–H and O–H groups in total. The minimum atomic E-state index is -3.98. The van der Waals surface area contributed by atoms with E-state index < -0.39 is 39.1 Å². The fraction of sp³-hybridized carbons (Fsp3) is 0.235. The minimum Gasteiger partial charge on any atom is -0.379 e. The maximum Gasteiger partial charge on any atom is 0.255 e. The number of carbonyl (C=O) groups is 1. The Kier molecular flexibility index (Phi) is 5.94. The van der Waals surface area contributed by atoms with Crippen molar-refractivity contribution in [1.29, 1.82) is 0 Å². The SMILES string of the molecule is O=C(Nc1ccc(F)c(F)c1F)c1ccc(Cl)c(S(=O)(=O)N2CCOCC2)c1. The van der Waals surface area contributed by atoms with Crippen LogP contribution in [0.25, 0.3) is 0 Å². The molecule has 2 aromatic carbocycles. The lowest BCUT2D eigenvalue weighted by atomic mass is 10.2. The van der Waals surface area contributed by atoms with Crippen molar-refractivity contribution in [2.24, 2.45) is 0 Å². The van der Waals surface area contributed by atoms with E-state index in [0.29, 0.717) is 6.07 Å². The summed E-state index contributed by atoms with van der Waals surface area (Å²) in [4.78, 5) is 12.1. The van der Waals surface area contributed by atoms with Crippen LogP contribution in [0.5, 0.6) is 0 Å². The molecular formula is C17H14ClF3N2O4S. The van der Waals surface area contributed by atoms with Crippen LogP contribution in [-0.2, 0) is 14.8 Å². The zero-order valence-corrected chi connectivity index (χ0v) is 15.8. The maximum absolute atomic E-state index is 13.7. The summed E-state index contributed by atoms with van der Waals surface area (Å²) in [6.07, 6.45) is 0. The van der Waals surface area contributed by atoms with Gasteiger partial charge in [0.2, 0.25) is 10.0 Å². The predicted molar refractivity (Wildman–Crippen MR) is 95.3 cm³/mol. The van der Waals surface area contributed by atoms with Gasteiger partial charge in [-0.3, -0.25) is 4.79 Å². The highest BCUT2D eigenvalue weighted by Crippen LogP contribution is 2.27. The van der Waals surface area contributed by atoms with Crippen LogP contribution in [-0.4, -0.2) is 44.9 Å². The lowest BCUT2D eigenvalue weighted by Gasteiger charge is -2.26. The average Bonchev–Trinajstić information content (AvgIpc) is 2.69. The molecule has 0 saturated carbocycles. The number of hydrogen-bond donors (Lipinski definition) is 1. The zero-order valence-electron chi connectivity index (χ0n) is 14.2. The summed E-state index contributed by atoms with van der Waals surface area (Å²) in [5, 5.41) is 1.98. The molecule has 150 valence electrons. The number of carbonyl (C=O) groups excluding carboxylic acids is 1. The monoisotopic (exact) mass is 434 g/mol. The molecule has 1 saturated heterocycles. The van der Waals surface area contributed by atoms with Gasteiger partial charge in [-0.05, 0) is 30.3 Å². The van der Waals surface area contributed by atoms with E-state index in [-0.39, 0.29) is 41.8 Å². The summed E-state index contributed by atoms with van der Waals surface area (Å²) in [5.74, 6) is -5.62. The second-order valence-electron chi connectivity index (χ2n) is 5.84. The summed E-state index contributed by atoms with van der Waals surface area (Å²) in [6.45, 7) is 0.725. The summed E-state index contributed by atoms with van der Waals surface area (Å²) in [7, 11) is -3.98. The van der Waals surface area contributed by atoms with Gasteiger partial charge in [0.25, 0.3) is 5.91 Å². The summed E-state index contributed by atoms with van der Waals surface area (Å²) < 4.78 is 71.9. The first-order chi connectivity index (χ1) is 13.2. The van der Waals surface area contributed by atoms with Crippen molar-refractivity contribution in [2.45, 2.75) is 4.90 Å². The zero-order chi connectivity index (χ0) is 20.5. The molecule has 0 atom stereocenters. The maximum atomic E-state index is 13.7. The van der Waals surface area contributed by atoms with Gasteiger partial charge in [0.05, 0.1) is 23.9 Å². The smallest absolute Gasteiger partial charge is 0.255 e. The van der Waals surface area contributed by atoms with Crippen LogP contribution >= 0.6 is 11.6 Å². The standard InChI is InChI=1S/C17H14ClF3N2O4S/c18-11-2-1-10(9-14(11)28(25,26)23-5-7-27-8-6-23)17(24)22-13-4-3-12(19)15(20)16(13)21/h1-4,9H,5-8H2,(H,22,24). The van der Waals surface area contributed by atoms with Crippen molar-refractivity contribution < 1.29 is 31.1 Å². The largest absolute Gasteiger partial charge is 0.379 e. The first kappa shape index (κ1) is 20.6. The topological polar surface area (TPSA) is 75.7 Å². The van der Waals surface area contributed by atoms with Crippen LogP contribution in [0.4, 0.5) is 18.9 Å². The fourth-order valence-corrected chi connectivity index (χ4v) is 4.49. The molecule has 0 aliphatic carbocycles. The van der Waals surface area contributed by atoms with Crippen molar-refractivity contribution in [3.05, 3.63) is 58.4 Å². The van der Waals surface area contributed by atoms with Gasteiger partial charge in [-0.25, -0.2) is 21.6 Å². The van der Waals surface area contributed by atoms with Gasteiger partial charge < -0.3 is 10.1 Å². The molecule has 0 spiro atoms. The molecule has 2 aromatic rings. The second-order valence-corrected chi connectivity index (χ2v) is 8.15. The van der Waals surface area contributed by atoms with Gasteiger partial charge in [-0.1, -0.05) is 11.6 Å². The molecule has 0 bridgehead atoms. The number of morpholine rings is 1. The van der Waals surface area contributed by atoms with E-state index in [0.717, 1.165) is 12.1 Å². The van der Waals surface area contributed by atoms with E-state index >= 15 is 0 Å². The van der Waals surface area contributed by atoms with Crippen molar-refractivity contribution in [3.63, 3.8) is 0 Å². The number of sulfonamides is 1. The van der Waals surface area contributed by atoms with Crippen LogP contribution in [0.3, 0.4) is 0 Å². The molecule has 1 aliphatic rings. The van der Waals surface area contributed by atoms with Gasteiger partial charge in [0, 0.05) is 18.7 Å². The molecule has 1 fully saturated rings. The number of halogens is 4. The third-order valence-electron chi connectivity index (χ3n) is 4.06. The van der Waals surface area contributed by atoms with Crippen molar-refractivity contribution >= 4 is 33.2 Å². The normalized spacial score (nSPS) is 15.4. The third-order valence-corrected chi connectivity index (χ3v) is 6.44. The number of benzene rings is 2. The number of anilines is 1. The number of nitrogens with one attached hydrogen (secondary N) is 1. The molecule has 0 unspecified atom stereocenters. The van der Waals surface area contributed by atoms with Crippen molar-refractivity contribution in [2.75, 3.05) is 31.6 Å². The Hall–Kier alpha value is -2.14. The molecule has 1 heterocycles. The summed E-state index contributed by atoms with van der Waals surface area (Å²) >= 11 is 6.01. The van der Waals surface area contributed by atoms with Crippen LogP contribution in [0, 0.1) is 17.5 Å². The molecule has 1 aliphatic heterocycles. The van der Waals surface area contributed by atoms with E-state index in [2.05, 4.69) is 5.32 Å². The van der Waals surface area contributed by atoms with Crippen LogP contribution < -0.4 is 5.32 Å². The van der Waals surface area contributed by atoms with E-state index in [1.165, 1.54) is 16.4 Å². The Balaban J connectivity index is 1.91. The Morgan fingerprint density at radius 3 is 2.43 bits per heavy atom. The quantitative estimate of drug-likeness (QED) is 0.750. The number of rotatable bonds is 4. The Labute approximate surface area is 163 Å². The highest BCUT2D eigenvalue weighted by atomic mass is 35.5. The van der Waals surface area contributed by atoms with Gasteiger partial charge >= 0.3 is 0 Å². The summed E-state index contributed by atoms with van der Waals surface area (Å²) in [5.41, 5.74) is -0.739. The van der Waals surface area contributed by atoms with Crippen LogP contribution in [0.2, 0.25) is 5.02 Å². The molecule has 3 rings (SSSR count). The Morgan fingerprint density at radius 2 is 1.75 bits per heavy atom. The van der Waals surface area contributed by atoms with E-state index in [1.54, 1.807) is 0 Å². The summed E-state index contributed by atoms with van der Waals surface area (Å²) in [6, 6.07) is 5.00. The van der Waals surface area contributed by atoms with Crippen LogP contribution in [0.15, 0.2) is 35.2 Å². The first-order valence-corrected chi connectivity index (χ1v) is 9.86. The van der Waals surface area contributed by atoms with Gasteiger partial charge in [0.1, 0.15) is 4.90 Å². The molecule has 28 heavy (non-hydrogen) atoms. The molecule has 0 radical (unpaired) electrons. The predicted octanol–water partition coefficient (Wildman–Crippen LogP) is 3.03. The number of ether oxygens (including phenoxy) is 1. The lowest BCUT2D eigenvalue weighted by molar-refractivity contribution is 0.0730. The molecule has 1 amide bonds. The van der Waals surface area contributed by atoms with E-state index in [4.69, 9.17) is 16.3 Å². The molecule has 0 aromatic heterocycles. The van der Waals surface area contributed by atoms with Crippen molar-refractivity contribution in [3.8, 4) is 0 Å². The highest BCUT2D eigenvalue weighted by molar-refractivity contribution is 7.89. The van der Waals surface area contributed by atoms with Gasteiger partial charge in [-0.2, -0.15) is 4.31 Å². The Morgan fingerprint density at radius 1 is 1.07 bits per heavy atom. The minimum absolute atomic E-state index is 0.0953. The van der Waals surface area contributed by atoms with E-state index in [9.17, 15) is 26.4 Å². The van der Waals surface area contributed by atoms with Gasteiger partial charge in [0.15, 0.2) is 17.5 Å². The lowest BCUT2D eigenvalue weighted by Crippen LogP contribution is -2.40. The van der Waals surface area contributed by atoms with Crippen molar-refractivity contribution in [1.82, 2.24) is 4.31 Å². The fourth-order valence-electron chi connectivity index (χ4n) is 2.59. The van der Waals surface area contributed by atoms with E-state index in [1.807, 2.05) is 0 Å². The molecule has 11 heteroatoms. The molecule has 6 nitrogen and oxygen atoms in total. The van der Waals surface area contributed by atoms with Crippen LogP contribution in [0.1, 0.15) is 10.4 Å². The highest BCUT2D eigenvalue weighted by Gasteiger charge is 2.29. The second kappa shape index (κ2) is 8.08. The third kappa shape index (κ3) is 4.00. The average molecular weight is 435 g/mol. The number of amides is 1. The molecular weight excluding hydrogens is 421 g/mol. The number of hydrogen-bond acceptors (Lipinski definition) is 4. The first-order valence-electron chi connectivity index (χ1n) is 8.04. The van der Waals surface area contributed by atoms with Gasteiger partial charge in [-0.15, -0.1) is 0 Å². The Bertz CT molecular complexity index is 1030. The number of nitrogens with zero attached hydrogens (tertiary/aromatic N) is 1.